The third-order valence-corrected chi connectivity index (χ3v) is 14.5. The summed E-state index contributed by atoms with van der Waals surface area (Å²) in [6.45, 7) is 8.17. The van der Waals surface area contributed by atoms with Crippen LogP contribution < -0.4 is 19.7 Å². The van der Waals surface area contributed by atoms with Gasteiger partial charge in [-0.05, 0) is 60.0 Å². The molecule has 6 rings (SSSR count). The fourth-order valence-electron chi connectivity index (χ4n) is 7.81. The number of esters is 1. The Balaban J connectivity index is 1.37. The quantitative estimate of drug-likeness (QED) is 0.193. The smallest absolute Gasteiger partial charge is 0.304 e. The van der Waals surface area contributed by atoms with Crippen molar-refractivity contribution in [2.24, 2.45) is 5.92 Å². The minimum absolute atomic E-state index is 0.00254. The number of fused-ring (bicyclic) bond motifs is 2. The number of carbonyl (C=O) groups excluding carboxylic acids is 3. The molecule has 2 saturated heterocycles. The Bertz CT molecular complexity index is 1680. The first kappa shape index (κ1) is 32.2. The van der Waals surface area contributed by atoms with Gasteiger partial charge in [-0.25, -0.2) is 0 Å². The number of rotatable bonds is 9. The first-order valence-corrected chi connectivity index (χ1v) is 19.0. The maximum atomic E-state index is 14.8. The molecule has 0 radical (unpaired) electrons. The average molecular weight is 663 g/mol. The van der Waals surface area contributed by atoms with Gasteiger partial charge in [-0.3, -0.25) is 19.3 Å². The highest BCUT2D eigenvalue weighted by atomic mass is 35.5. The monoisotopic (exact) mass is 662 g/mol. The van der Waals surface area contributed by atoms with E-state index in [4.69, 9.17) is 25.8 Å². The molecule has 3 aliphatic heterocycles. The van der Waals surface area contributed by atoms with E-state index in [9.17, 15) is 19.5 Å². The number of amides is 2. The summed E-state index contributed by atoms with van der Waals surface area (Å²) in [6.07, 6.45) is -0.459. The molecule has 11 heteroatoms. The lowest BCUT2D eigenvalue weighted by Crippen LogP contribution is -2.54. The van der Waals surface area contributed by atoms with Crippen molar-refractivity contribution in [3.05, 3.63) is 82.9 Å². The minimum atomic E-state index is -2.31. The molecule has 0 saturated carbocycles. The highest BCUT2D eigenvalue weighted by molar-refractivity contribution is 6.91. The van der Waals surface area contributed by atoms with Crippen molar-refractivity contribution in [2.45, 2.75) is 69.8 Å². The Morgan fingerprint density at radius 1 is 1.11 bits per heavy atom. The Morgan fingerprint density at radius 2 is 1.85 bits per heavy atom. The van der Waals surface area contributed by atoms with Crippen LogP contribution in [0.1, 0.15) is 37.8 Å². The van der Waals surface area contributed by atoms with Gasteiger partial charge in [-0.1, -0.05) is 61.1 Å². The van der Waals surface area contributed by atoms with Crippen LogP contribution in [0.3, 0.4) is 0 Å². The molecule has 2 amide bonds. The molecule has 9 nitrogen and oxygen atoms in total. The van der Waals surface area contributed by atoms with Gasteiger partial charge >= 0.3 is 5.97 Å². The predicted molar refractivity (Wildman–Crippen MR) is 178 cm³/mol. The van der Waals surface area contributed by atoms with Crippen molar-refractivity contribution >= 4 is 54.0 Å². The van der Waals surface area contributed by atoms with Gasteiger partial charge in [0.25, 0.3) is 5.91 Å². The van der Waals surface area contributed by atoms with E-state index >= 15 is 0 Å². The van der Waals surface area contributed by atoms with Crippen molar-refractivity contribution in [1.82, 2.24) is 0 Å². The number of hydrogen-bond donors (Lipinski definition) is 1. The van der Waals surface area contributed by atoms with Gasteiger partial charge in [-0.2, -0.15) is 0 Å². The van der Waals surface area contributed by atoms with Crippen molar-refractivity contribution in [1.29, 1.82) is 0 Å². The van der Waals surface area contributed by atoms with Gasteiger partial charge in [0.05, 0.1) is 39.9 Å². The largest absolute Gasteiger partial charge is 0.497 e. The van der Waals surface area contributed by atoms with Gasteiger partial charge in [-0.15, -0.1) is 0 Å². The maximum absolute atomic E-state index is 14.8. The number of benzene rings is 3. The third-order valence-electron chi connectivity index (χ3n) is 9.95. The average Bonchev–Trinajstić information content (AvgIpc) is 3.43. The van der Waals surface area contributed by atoms with Crippen molar-refractivity contribution < 1.29 is 33.7 Å². The van der Waals surface area contributed by atoms with Gasteiger partial charge in [0.2, 0.25) is 5.91 Å². The molecule has 3 aromatic carbocycles. The number of ether oxygens (including phenoxy) is 3. The fraction of sp³-hybridized carbons (Fsp3) is 0.400. The SMILES string of the molecule is COc1ccc([Si](C)(C)[C@H]2[C@H](CCO)O[C@@]3(C(=O)N(Cc4cccc(N5C(=O)CC5OC(C)=O)c4)c4ccc(Cl)cc43)[C@@H]2C)cc1. The van der Waals surface area contributed by atoms with E-state index in [1.807, 2.05) is 42.5 Å². The van der Waals surface area contributed by atoms with E-state index in [-0.39, 0.29) is 48.9 Å². The molecule has 0 aliphatic carbocycles. The second kappa shape index (κ2) is 12.1. The van der Waals surface area contributed by atoms with Gasteiger partial charge in [0.15, 0.2) is 11.8 Å². The number of anilines is 2. The summed E-state index contributed by atoms with van der Waals surface area (Å²) in [6, 6.07) is 21.0. The number of halogens is 1. The van der Waals surface area contributed by atoms with Crippen LogP contribution in [0.2, 0.25) is 23.7 Å². The van der Waals surface area contributed by atoms with E-state index in [2.05, 4.69) is 32.2 Å². The van der Waals surface area contributed by atoms with Crippen LogP contribution in [0, 0.1) is 5.92 Å². The van der Waals surface area contributed by atoms with Gasteiger partial charge in [0, 0.05) is 35.7 Å². The van der Waals surface area contributed by atoms with Crippen LogP contribution in [0.15, 0.2) is 66.7 Å². The molecule has 0 aromatic heterocycles. The predicted octanol–water partition coefficient (Wildman–Crippen LogP) is 5.12. The van der Waals surface area contributed by atoms with Gasteiger partial charge < -0.3 is 24.2 Å². The Morgan fingerprint density at radius 3 is 2.50 bits per heavy atom. The molecule has 1 unspecified atom stereocenters. The van der Waals surface area contributed by atoms with Crippen LogP contribution in [-0.2, 0) is 36.0 Å². The number of carbonyl (C=O) groups is 3. The summed E-state index contributed by atoms with van der Waals surface area (Å²) in [4.78, 5) is 42.1. The zero-order valence-corrected chi connectivity index (χ0v) is 28.4. The summed E-state index contributed by atoms with van der Waals surface area (Å²) >= 11 is 6.58. The Labute approximate surface area is 275 Å². The maximum Gasteiger partial charge on any atom is 0.304 e. The van der Waals surface area contributed by atoms with Crippen LogP contribution in [0.25, 0.3) is 0 Å². The van der Waals surface area contributed by atoms with Crippen LogP contribution >= 0.6 is 11.6 Å². The molecule has 1 N–H and O–H groups in total. The van der Waals surface area contributed by atoms with E-state index in [1.54, 1.807) is 24.1 Å². The summed E-state index contributed by atoms with van der Waals surface area (Å²) in [5, 5.41) is 11.9. The normalized spacial score (nSPS) is 25.5. The van der Waals surface area contributed by atoms with E-state index < -0.39 is 25.9 Å². The molecule has 3 heterocycles. The molecule has 5 atom stereocenters. The van der Waals surface area contributed by atoms with E-state index in [1.165, 1.54) is 17.0 Å². The number of nitrogens with zero attached hydrogens (tertiary/aromatic N) is 2. The number of aliphatic hydroxyl groups excluding tert-OH is 1. The topological polar surface area (TPSA) is 106 Å². The summed E-state index contributed by atoms with van der Waals surface area (Å²) < 4.78 is 17.7. The standard InChI is InChI=1S/C35H39ClN2O7Si/c1-21-33(46(4,5)27-12-10-26(43-3)11-13-27)30(15-16-39)45-35(21)28-18-24(36)9-14-29(28)37(34(35)42)20-23-7-6-8-25(17-23)38-31(41)19-32(38)44-22(2)40/h6-14,17-18,21,30,32-33,39H,15-16,19-20H2,1-5H3/t21-,30+,32?,33-,35+/m1/s1. The van der Waals surface area contributed by atoms with Crippen LogP contribution in [0.5, 0.6) is 5.75 Å². The lowest BCUT2D eigenvalue weighted by atomic mass is 9.82. The Hall–Kier alpha value is -3.70. The molecular formula is C35H39ClN2O7Si. The zero-order chi connectivity index (χ0) is 33.0. The van der Waals surface area contributed by atoms with Gasteiger partial charge in [0.1, 0.15) is 5.75 Å². The molecule has 3 aliphatic rings. The van der Waals surface area contributed by atoms with Crippen molar-refractivity contribution in [3.8, 4) is 5.75 Å². The molecule has 46 heavy (non-hydrogen) atoms. The van der Waals surface area contributed by atoms with E-state index in [0.717, 1.165) is 22.6 Å². The molecule has 2 fully saturated rings. The molecule has 242 valence electrons. The van der Waals surface area contributed by atoms with E-state index in [0.29, 0.717) is 17.1 Å². The lowest BCUT2D eigenvalue weighted by molar-refractivity contribution is -0.154. The number of β-lactam (4-membered cyclic amide) rings is 1. The van der Waals surface area contributed by atoms with Crippen LogP contribution in [0.4, 0.5) is 11.4 Å². The molecule has 1 spiro atoms. The second-order valence-electron chi connectivity index (χ2n) is 12.9. The van der Waals surface area contributed by atoms with Crippen LogP contribution in [-0.4, -0.2) is 57.0 Å². The van der Waals surface area contributed by atoms with Crippen molar-refractivity contribution in [2.75, 3.05) is 23.5 Å². The lowest BCUT2D eigenvalue weighted by Gasteiger charge is -2.39. The minimum Gasteiger partial charge on any atom is -0.497 e. The number of aliphatic hydroxyl groups is 1. The highest BCUT2D eigenvalue weighted by Gasteiger charge is 2.66. The molecular weight excluding hydrogens is 624 g/mol. The Kier molecular flexibility index (Phi) is 8.52. The first-order chi connectivity index (χ1) is 21.9. The first-order valence-electron chi connectivity index (χ1n) is 15.6. The summed E-state index contributed by atoms with van der Waals surface area (Å²) in [7, 11) is -0.666. The van der Waals surface area contributed by atoms with Crippen molar-refractivity contribution in [3.63, 3.8) is 0 Å². The third kappa shape index (κ3) is 5.21. The second-order valence-corrected chi connectivity index (χ2v) is 18.0. The number of hydrogen-bond acceptors (Lipinski definition) is 7. The molecule has 0 bridgehead atoms. The molecule has 3 aromatic rings. The zero-order valence-electron chi connectivity index (χ0n) is 26.7. The summed E-state index contributed by atoms with van der Waals surface area (Å²) in [5.74, 6) is -0.217. The summed E-state index contributed by atoms with van der Waals surface area (Å²) in [5.41, 5.74) is 1.56. The fourth-order valence-corrected chi connectivity index (χ4v) is 12.0. The highest BCUT2D eigenvalue weighted by Crippen LogP contribution is 2.60. The number of methoxy groups -OCH3 is 1.